The molecular formula is C18H17BrClN2OS-. The number of rotatable bonds is 5. The standard InChI is InChI=1S/C18H17ClN2OS.BrH/c19-16-8-6-15(7-9-16)17(22)13-21(18-20-10-11-23-18)12-14-4-2-1-3-5-14;/h1-9H,10-13H2;1H/p-1. The van der Waals surface area contributed by atoms with Crippen LogP contribution in [0.5, 0.6) is 0 Å². The second-order valence-electron chi connectivity index (χ2n) is 5.28. The number of hydrogen-bond donors (Lipinski definition) is 0. The molecule has 0 unspecified atom stereocenters. The summed E-state index contributed by atoms with van der Waals surface area (Å²) in [5, 5.41) is 1.59. The van der Waals surface area contributed by atoms with Crippen molar-refractivity contribution in [3.05, 3.63) is 70.7 Å². The molecule has 2 aromatic rings. The highest BCUT2D eigenvalue weighted by Gasteiger charge is 2.20. The number of amidine groups is 1. The highest BCUT2D eigenvalue weighted by molar-refractivity contribution is 8.14. The van der Waals surface area contributed by atoms with Gasteiger partial charge in [0.05, 0.1) is 13.1 Å². The molecule has 0 bridgehead atoms. The smallest absolute Gasteiger partial charge is 0.182 e. The third-order valence-electron chi connectivity index (χ3n) is 3.56. The summed E-state index contributed by atoms with van der Waals surface area (Å²) in [6.45, 7) is 1.83. The molecule has 0 amide bonds. The van der Waals surface area contributed by atoms with Gasteiger partial charge in [-0.2, -0.15) is 0 Å². The third-order valence-corrected chi connectivity index (χ3v) is 4.84. The lowest BCUT2D eigenvalue weighted by atomic mass is 10.1. The number of thioether (sulfide) groups is 1. The first-order chi connectivity index (χ1) is 11.2. The van der Waals surface area contributed by atoms with Gasteiger partial charge in [-0.1, -0.05) is 53.7 Å². The molecule has 3 nitrogen and oxygen atoms in total. The van der Waals surface area contributed by atoms with Gasteiger partial charge in [0.25, 0.3) is 0 Å². The normalized spacial score (nSPS) is 13.1. The fourth-order valence-electron chi connectivity index (χ4n) is 2.41. The van der Waals surface area contributed by atoms with Crippen LogP contribution in [0, 0.1) is 0 Å². The van der Waals surface area contributed by atoms with E-state index in [0.717, 1.165) is 17.5 Å². The van der Waals surface area contributed by atoms with Gasteiger partial charge in [-0.25, -0.2) is 0 Å². The van der Waals surface area contributed by atoms with E-state index in [2.05, 4.69) is 22.0 Å². The van der Waals surface area contributed by atoms with Crippen molar-refractivity contribution in [2.45, 2.75) is 6.54 Å². The highest BCUT2D eigenvalue weighted by Crippen LogP contribution is 2.19. The molecule has 1 heterocycles. The molecule has 6 heteroatoms. The number of nitrogens with zero attached hydrogens (tertiary/aromatic N) is 2. The second-order valence-corrected chi connectivity index (χ2v) is 6.78. The third kappa shape index (κ3) is 5.10. The monoisotopic (exact) mass is 423 g/mol. The van der Waals surface area contributed by atoms with Crippen LogP contribution in [0.4, 0.5) is 0 Å². The molecule has 2 aromatic carbocycles. The maximum Gasteiger partial charge on any atom is 0.182 e. The first kappa shape index (κ1) is 19.0. The summed E-state index contributed by atoms with van der Waals surface area (Å²) in [5.74, 6) is 1.06. The largest absolute Gasteiger partial charge is 1.00 e. The Morgan fingerprint density at radius 2 is 1.83 bits per heavy atom. The molecule has 24 heavy (non-hydrogen) atoms. The summed E-state index contributed by atoms with van der Waals surface area (Å²) >= 11 is 7.60. The van der Waals surface area contributed by atoms with E-state index >= 15 is 0 Å². The fourth-order valence-corrected chi connectivity index (χ4v) is 3.40. The van der Waals surface area contributed by atoms with Gasteiger partial charge in [0.1, 0.15) is 0 Å². The zero-order valence-corrected chi connectivity index (χ0v) is 16.1. The molecule has 1 aliphatic heterocycles. The van der Waals surface area contributed by atoms with Crippen LogP contribution in [0.3, 0.4) is 0 Å². The van der Waals surface area contributed by atoms with E-state index in [1.54, 1.807) is 36.0 Å². The van der Waals surface area contributed by atoms with Crippen molar-refractivity contribution >= 4 is 34.3 Å². The molecule has 0 aromatic heterocycles. The molecule has 126 valence electrons. The molecular weight excluding hydrogens is 408 g/mol. The van der Waals surface area contributed by atoms with Crippen LogP contribution in [0.2, 0.25) is 5.02 Å². The number of benzene rings is 2. The molecule has 1 aliphatic rings. The van der Waals surface area contributed by atoms with Crippen LogP contribution in [-0.2, 0) is 6.54 Å². The van der Waals surface area contributed by atoms with Crippen LogP contribution >= 0.6 is 23.4 Å². The Kier molecular flexibility index (Phi) is 7.34. The Morgan fingerprint density at radius 3 is 2.46 bits per heavy atom. The van der Waals surface area contributed by atoms with Crippen molar-refractivity contribution in [1.29, 1.82) is 0 Å². The van der Waals surface area contributed by atoms with Crippen LogP contribution in [0.1, 0.15) is 15.9 Å². The molecule has 0 spiro atoms. The Balaban J connectivity index is 0.00000208. The Labute approximate surface area is 161 Å². The second kappa shape index (κ2) is 9.25. The van der Waals surface area contributed by atoms with Gasteiger partial charge in [-0.05, 0) is 29.8 Å². The summed E-state index contributed by atoms with van der Waals surface area (Å²) in [6.07, 6.45) is 0. The number of aliphatic imine (C=N–C) groups is 1. The van der Waals surface area contributed by atoms with Crippen LogP contribution < -0.4 is 17.0 Å². The van der Waals surface area contributed by atoms with Crippen molar-refractivity contribution in [3.63, 3.8) is 0 Å². The molecule has 0 radical (unpaired) electrons. The number of ketones is 1. The van der Waals surface area contributed by atoms with Crippen molar-refractivity contribution < 1.29 is 21.8 Å². The molecule has 0 saturated heterocycles. The van der Waals surface area contributed by atoms with Gasteiger partial charge in [0.2, 0.25) is 0 Å². The van der Waals surface area contributed by atoms with E-state index in [4.69, 9.17) is 11.6 Å². The molecule has 3 rings (SSSR count). The maximum absolute atomic E-state index is 12.6. The molecule has 0 fully saturated rings. The quantitative estimate of drug-likeness (QED) is 0.675. The fraction of sp³-hybridized carbons (Fsp3) is 0.222. The number of halogens is 2. The summed E-state index contributed by atoms with van der Waals surface area (Å²) < 4.78 is 0. The zero-order valence-electron chi connectivity index (χ0n) is 13.0. The molecule has 0 atom stereocenters. The molecule has 0 aliphatic carbocycles. The van der Waals surface area contributed by atoms with Crippen molar-refractivity contribution in [2.24, 2.45) is 4.99 Å². The van der Waals surface area contributed by atoms with Crippen LogP contribution in [-0.4, -0.2) is 34.7 Å². The van der Waals surface area contributed by atoms with E-state index < -0.39 is 0 Å². The predicted molar refractivity (Wildman–Crippen MR) is 97.4 cm³/mol. The maximum atomic E-state index is 12.6. The Hall–Kier alpha value is -1.30. The van der Waals surface area contributed by atoms with Crippen molar-refractivity contribution in [1.82, 2.24) is 4.90 Å². The summed E-state index contributed by atoms with van der Waals surface area (Å²) in [4.78, 5) is 19.1. The summed E-state index contributed by atoms with van der Waals surface area (Å²) in [7, 11) is 0. The van der Waals surface area contributed by atoms with Gasteiger partial charge < -0.3 is 21.9 Å². The average Bonchev–Trinajstić information content (AvgIpc) is 3.10. The van der Waals surface area contributed by atoms with Gasteiger partial charge in [-0.15, -0.1) is 0 Å². The first-order valence-corrected chi connectivity index (χ1v) is 8.83. The van der Waals surface area contributed by atoms with Gasteiger partial charge in [0, 0.05) is 22.9 Å². The first-order valence-electron chi connectivity index (χ1n) is 7.47. The number of carbonyl (C=O) groups is 1. The Bertz CT molecular complexity index is 707. The van der Waals surface area contributed by atoms with Gasteiger partial charge in [-0.3, -0.25) is 9.79 Å². The van der Waals surface area contributed by atoms with E-state index in [1.165, 1.54) is 5.56 Å². The lowest BCUT2D eigenvalue weighted by Gasteiger charge is -2.23. The van der Waals surface area contributed by atoms with E-state index in [-0.39, 0.29) is 22.8 Å². The number of hydrogen-bond acceptors (Lipinski definition) is 4. The summed E-state index contributed by atoms with van der Waals surface area (Å²) in [5.41, 5.74) is 1.85. The minimum absolute atomic E-state index is 0. The van der Waals surface area contributed by atoms with Crippen molar-refractivity contribution in [3.8, 4) is 0 Å². The highest BCUT2D eigenvalue weighted by atomic mass is 79.9. The zero-order chi connectivity index (χ0) is 16.1. The van der Waals surface area contributed by atoms with Gasteiger partial charge >= 0.3 is 0 Å². The minimum atomic E-state index is 0. The average molecular weight is 425 g/mol. The topological polar surface area (TPSA) is 32.7 Å². The molecule has 0 saturated carbocycles. The van der Waals surface area contributed by atoms with Crippen LogP contribution in [0.15, 0.2) is 59.6 Å². The number of Topliss-reactive ketones (excluding diaryl/α,β-unsaturated/α-hetero) is 1. The lowest BCUT2D eigenvalue weighted by Crippen LogP contribution is -3.00. The number of carbonyl (C=O) groups excluding carboxylic acids is 1. The SMILES string of the molecule is O=C(CN(Cc1ccccc1)C1=NCCS1)c1ccc(Cl)cc1.[Br-]. The Morgan fingerprint density at radius 1 is 1.12 bits per heavy atom. The molecule has 0 N–H and O–H groups in total. The summed E-state index contributed by atoms with van der Waals surface area (Å²) in [6, 6.07) is 17.2. The van der Waals surface area contributed by atoms with Crippen LogP contribution in [0.25, 0.3) is 0 Å². The predicted octanol–water partition coefficient (Wildman–Crippen LogP) is 1.13. The van der Waals surface area contributed by atoms with Gasteiger partial charge in [0.15, 0.2) is 11.0 Å². The van der Waals surface area contributed by atoms with E-state index in [9.17, 15) is 4.79 Å². The van der Waals surface area contributed by atoms with E-state index in [0.29, 0.717) is 23.7 Å². The van der Waals surface area contributed by atoms with E-state index in [1.807, 2.05) is 18.2 Å². The minimum Gasteiger partial charge on any atom is -1.00 e. The lowest BCUT2D eigenvalue weighted by molar-refractivity contribution is -0.0000124. The van der Waals surface area contributed by atoms with Crippen molar-refractivity contribution in [2.75, 3.05) is 18.8 Å².